The Bertz CT molecular complexity index is 971. The quantitative estimate of drug-likeness (QED) is 0.467. The van der Waals surface area contributed by atoms with Crippen LogP contribution in [0, 0.1) is 5.82 Å². The van der Waals surface area contributed by atoms with Gasteiger partial charge in [0.25, 0.3) is 5.91 Å². The number of hydrogen-bond acceptors (Lipinski definition) is 5. The maximum atomic E-state index is 14.3. The second-order valence-corrected chi connectivity index (χ2v) is 10.2. The molecule has 0 spiro atoms. The lowest BCUT2D eigenvalue weighted by Crippen LogP contribution is -2.37. The number of ether oxygens (including phenoxy) is 1. The van der Waals surface area contributed by atoms with Crippen LogP contribution in [0.15, 0.2) is 34.7 Å². The predicted octanol–water partition coefficient (Wildman–Crippen LogP) is 3.55. The van der Waals surface area contributed by atoms with E-state index in [1.165, 1.54) is 29.6 Å². The van der Waals surface area contributed by atoms with Gasteiger partial charge in [0.1, 0.15) is 10.7 Å². The van der Waals surface area contributed by atoms with Crippen molar-refractivity contribution in [2.45, 2.75) is 69.3 Å². The highest BCUT2D eigenvalue weighted by Crippen LogP contribution is 2.24. The summed E-state index contributed by atoms with van der Waals surface area (Å²) in [6.45, 7) is 2.55. The molecule has 2 aliphatic rings. The van der Waals surface area contributed by atoms with Crippen molar-refractivity contribution >= 4 is 21.9 Å². The average molecular weight is 467 g/mol. The number of nitrogens with one attached hydrogen (secondary N) is 1. The number of carbonyl (C=O) groups excluding carboxylic acids is 2. The topological polar surface area (TPSA) is 92.8 Å². The molecule has 1 aliphatic carbocycles. The fourth-order valence-corrected chi connectivity index (χ4v) is 5.58. The van der Waals surface area contributed by atoms with E-state index < -0.39 is 38.7 Å². The van der Waals surface area contributed by atoms with E-state index in [1.807, 2.05) is 0 Å². The summed E-state index contributed by atoms with van der Waals surface area (Å²) in [6.07, 6.45) is 8.77. The molecule has 1 N–H and O–H groups in total. The second-order valence-electron chi connectivity index (χ2n) is 8.31. The van der Waals surface area contributed by atoms with Crippen LogP contribution < -0.4 is 5.32 Å². The van der Waals surface area contributed by atoms with Crippen molar-refractivity contribution in [2.75, 3.05) is 19.6 Å². The van der Waals surface area contributed by atoms with Crippen LogP contribution in [0.2, 0.25) is 0 Å². The maximum Gasteiger partial charge on any atom is 0.338 e. The molecule has 176 valence electrons. The van der Waals surface area contributed by atoms with Crippen LogP contribution in [0.4, 0.5) is 4.39 Å². The van der Waals surface area contributed by atoms with E-state index in [0.29, 0.717) is 32.5 Å². The van der Waals surface area contributed by atoms with E-state index in [2.05, 4.69) is 11.4 Å². The van der Waals surface area contributed by atoms with E-state index in [-0.39, 0.29) is 5.56 Å². The minimum Gasteiger partial charge on any atom is -0.449 e. The van der Waals surface area contributed by atoms with Crippen LogP contribution in [-0.4, -0.2) is 50.3 Å². The Kier molecular flexibility index (Phi) is 8.42. The summed E-state index contributed by atoms with van der Waals surface area (Å²) in [5.74, 6) is -2.23. The Morgan fingerprint density at radius 3 is 2.59 bits per heavy atom. The Morgan fingerprint density at radius 2 is 1.91 bits per heavy atom. The summed E-state index contributed by atoms with van der Waals surface area (Å²) >= 11 is 0. The van der Waals surface area contributed by atoms with Crippen molar-refractivity contribution in [3.05, 3.63) is 41.2 Å². The third-order valence-electron chi connectivity index (χ3n) is 5.88. The molecule has 0 saturated carbocycles. The van der Waals surface area contributed by atoms with E-state index >= 15 is 0 Å². The Balaban J connectivity index is 1.60. The number of carbonyl (C=O) groups is 2. The van der Waals surface area contributed by atoms with Gasteiger partial charge in [0, 0.05) is 19.6 Å². The van der Waals surface area contributed by atoms with Crippen molar-refractivity contribution in [3.63, 3.8) is 0 Å². The molecule has 0 unspecified atom stereocenters. The van der Waals surface area contributed by atoms with Gasteiger partial charge in [-0.1, -0.05) is 18.1 Å². The van der Waals surface area contributed by atoms with Crippen LogP contribution in [0.3, 0.4) is 0 Å². The largest absolute Gasteiger partial charge is 0.449 e. The molecule has 1 amide bonds. The van der Waals surface area contributed by atoms with Gasteiger partial charge in [0.05, 0.1) is 5.56 Å². The minimum atomic E-state index is -4.05. The van der Waals surface area contributed by atoms with E-state index in [0.717, 1.165) is 43.9 Å². The molecule has 32 heavy (non-hydrogen) atoms. The SMILES string of the molecule is C[C@@H](OC(=O)c1ccc(F)c(S(=O)(=O)N2CCCCC2)c1)C(=O)NCCC1=CCCCC1. The molecular weight excluding hydrogens is 435 g/mol. The van der Waals surface area contributed by atoms with Gasteiger partial charge >= 0.3 is 5.97 Å². The van der Waals surface area contributed by atoms with Gasteiger partial charge in [-0.05, 0) is 70.1 Å². The Morgan fingerprint density at radius 1 is 1.16 bits per heavy atom. The van der Waals surface area contributed by atoms with Crippen LogP contribution in [0.1, 0.15) is 68.6 Å². The third kappa shape index (κ3) is 6.16. The van der Waals surface area contributed by atoms with Gasteiger partial charge in [-0.3, -0.25) is 4.79 Å². The summed E-state index contributed by atoms with van der Waals surface area (Å²) in [5, 5.41) is 2.75. The number of allylic oxidation sites excluding steroid dienone is 1. The van der Waals surface area contributed by atoms with Gasteiger partial charge in [0.15, 0.2) is 6.10 Å². The molecule has 0 bridgehead atoms. The molecule has 9 heteroatoms. The molecule has 7 nitrogen and oxygen atoms in total. The van der Waals surface area contributed by atoms with Crippen molar-refractivity contribution in [1.29, 1.82) is 0 Å². The molecule has 1 atom stereocenters. The molecule has 0 aromatic heterocycles. The highest BCUT2D eigenvalue weighted by atomic mass is 32.2. The van der Waals surface area contributed by atoms with Crippen LogP contribution in [-0.2, 0) is 19.6 Å². The first kappa shape index (κ1) is 24.4. The molecular formula is C23H31FN2O5S. The number of amides is 1. The summed E-state index contributed by atoms with van der Waals surface area (Å²) in [4.78, 5) is 24.2. The third-order valence-corrected chi connectivity index (χ3v) is 7.80. The molecule has 1 aromatic rings. The summed E-state index contributed by atoms with van der Waals surface area (Å²) in [6, 6.07) is 3.09. The summed E-state index contributed by atoms with van der Waals surface area (Å²) in [5.41, 5.74) is 1.21. The van der Waals surface area contributed by atoms with E-state index in [4.69, 9.17) is 4.74 Å². The van der Waals surface area contributed by atoms with Crippen molar-refractivity contribution in [2.24, 2.45) is 0 Å². The second kappa shape index (κ2) is 11.0. The number of piperidine rings is 1. The van der Waals surface area contributed by atoms with E-state index in [1.54, 1.807) is 0 Å². The van der Waals surface area contributed by atoms with Gasteiger partial charge in [-0.25, -0.2) is 17.6 Å². The summed E-state index contributed by atoms with van der Waals surface area (Å²) < 4.78 is 46.4. The monoisotopic (exact) mass is 466 g/mol. The Labute approximate surface area is 189 Å². The molecule has 1 fully saturated rings. The van der Waals surface area contributed by atoms with Crippen LogP contribution in [0.5, 0.6) is 0 Å². The lowest BCUT2D eigenvalue weighted by molar-refractivity contribution is -0.129. The highest BCUT2D eigenvalue weighted by molar-refractivity contribution is 7.89. The molecule has 1 aromatic carbocycles. The fourth-order valence-electron chi connectivity index (χ4n) is 3.98. The van der Waals surface area contributed by atoms with Crippen molar-refractivity contribution in [1.82, 2.24) is 9.62 Å². The zero-order valence-corrected chi connectivity index (χ0v) is 19.3. The maximum absolute atomic E-state index is 14.3. The first-order chi connectivity index (χ1) is 15.3. The molecule has 3 rings (SSSR count). The Hall–Kier alpha value is -2.26. The fraction of sp³-hybridized carbons (Fsp3) is 0.565. The number of sulfonamides is 1. The zero-order valence-electron chi connectivity index (χ0n) is 18.4. The first-order valence-corrected chi connectivity index (χ1v) is 12.7. The number of esters is 1. The standard InChI is InChI=1S/C23H31FN2O5S/c1-17(22(27)25-13-12-18-8-4-2-5-9-18)31-23(28)19-10-11-20(24)21(16-19)32(29,30)26-14-6-3-7-15-26/h8,10-11,16-17H,2-7,9,12-15H2,1H3,(H,25,27)/t17-/m1/s1. The number of hydrogen-bond donors (Lipinski definition) is 1. The van der Waals surface area contributed by atoms with Crippen molar-refractivity contribution < 1.29 is 27.1 Å². The van der Waals surface area contributed by atoms with E-state index in [9.17, 15) is 22.4 Å². The van der Waals surface area contributed by atoms with Gasteiger partial charge < -0.3 is 10.1 Å². The van der Waals surface area contributed by atoms with Gasteiger partial charge in [0.2, 0.25) is 10.0 Å². The van der Waals surface area contributed by atoms with Gasteiger partial charge in [-0.15, -0.1) is 0 Å². The van der Waals surface area contributed by atoms with Crippen molar-refractivity contribution in [3.8, 4) is 0 Å². The lowest BCUT2D eigenvalue weighted by Gasteiger charge is -2.26. The number of nitrogens with zero attached hydrogens (tertiary/aromatic N) is 1. The molecule has 1 saturated heterocycles. The predicted molar refractivity (Wildman–Crippen MR) is 118 cm³/mol. The van der Waals surface area contributed by atoms with Crippen LogP contribution in [0.25, 0.3) is 0 Å². The molecule has 1 aliphatic heterocycles. The smallest absolute Gasteiger partial charge is 0.338 e. The minimum absolute atomic E-state index is 0.117. The van der Waals surface area contributed by atoms with Crippen LogP contribution >= 0.6 is 0 Å². The number of rotatable bonds is 8. The zero-order chi connectivity index (χ0) is 23.1. The molecule has 0 radical (unpaired) electrons. The highest BCUT2D eigenvalue weighted by Gasteiger charge is 2.30. The van der Waals surface area contributed by atoms with Gasteiger partial charge in [-0.2, -0.15) is 4.31 Å². The number of benzene rings is 1. The first-order valence-electron chi connectivity index (χ1n) is 11.3. The summed E-state index contributed by atoms with van der Waals surface area (Å²) in [7, 11) is -4.05. The number of halogens is 1. The average Bonchev–Trinajstić information content (AvgIpc) is 2.80. The molecule has 1 heterocycles. The normalized spacial score (nSPS) is 18.5. The lowest BCUT2D eigenvalue weighted by atomic mass is 9.97.